The van der Waals surface area contributed by atoms with E-state index in [1.54, 1.807) is 25.1 Å². The van der Waals surface area contributed by atoms with Gasteiger partial charge in [-0.25, -0.2) is 12.8 Å². The molecule has 0 aliphatic rings. The molecule has 7 nitrogen and oxygen atoms in total. The van der Waals surface area contributed by atoms with Crippen molar-refractivity contribution in [3.63, 3.8) is 0 Å². The highest BCUT2D eigenvalue weighted by Gasteiger charge is 2.31. The molecule has 0 bridgehead atoms. The molecule has 0 saturated carbocycles. The average Bonchev–Trinajstić information content (AvgIpc) is 2.73. The van der Waals surface area contributed by atoms with Crippen LogP contribution in [0.2, 0.25) is 10.0 Å². The van der Waals surface area contributed by atoms with E-state index in [2.05, 4.69) is 5.32 Å². The van der Waals surface area contributed by atoms with E-state index in [9.17, 15) is 22.4 Å². The maximum atomic E-state index is 13.7. The van der Waals surface area contributed by atoms with Gasteiger partial charge >= 0.3 is 0 Å². The fourth-order valence-corrected chi connectivity index (χ4v) is 4.33. The van der Waals surface area contributed by atoms with Crippen LogP contribution >= 0.6 is 23.2 Å². The number of likely N-dealkylation sites (N-methyl/N-ethyl adjacent to an activating group) is 1. The number of nitrogens with one attached hydrogen (secondary N) is 1. The fourth-order valence-electron chi connectivity index (χ4n) is 3.17. The van der Waals surface area contributed by atoms with Crippen molar-refractivity contribution < 1.29 is 22.4 Å². The maximum absolute atomic E-state index is 13.7. The molecule has 0 aliphatic carbocycles. The summed E-state index contributed by atoms with van der Waals surface area (Å²) in [5.41, 5.74) is 0.607. The highest BCUT2D eigenvalue weighted by molar-refractivity contribution is 7.92. The fraction of sp³-hybridized carbons (Fsp3) is 0.333. The van der Waals surface area contributed by atoms with Crippen molar-refractivity contribution >= 4 is 50.7 Å². The van der Waals surface area contributed by atoms with Crippen molar-refractivity contribution in [1.29, 1.82) is 0 Å². The van der Waals surface area contributed by atoms with E-state index in [4.69, 9.17) is 23.2 Å². The molecule has 0 radical (unpaired) electrons. The number of nitrogens with zero attached hydrogens (tertiary/aromatic N) is 2. The zero-order valence-corrected chi connectivity index (χ0v) is 20.1. The summed E-state index contributed by atoms with van der Waals surface area (Å²) in [4.78, 5) is 27.1. The monoisotopic (exact) mass is 503 g/mol. The van der Waals surface area contributed by atoms with Gasteiger partial charge in [0.2, 0.25) is 21.8 Å². The molecule has 174 valence electrons. The Hall–Kier alpha value is -2.36. The van der Waals surface area contributed by atoms with Crippen molar-refractivity contribution in [1.82, 2.24) is 10.2 Å². The number of carbonyl (C=O) groups excluding carboxylic acids is 2. The Morgan fingerprint density at radius 1 is 1.12 bits per heavy atom. The first-order valence-corrected chi connectivity index (χ1v) is 12.3. The molecule has 0 unspecified atom stereocenters. The Balaban J connectivity index is 2.44. The second-order valence-electron chi connectivity index (χ2n) is 7.06. The molecule has 11 heteroatoms. The largest absolute Gasteiger partial charge is 0.357 e. The van der Waals surface area contributed by atoms with Crippen LogP contribution in [0.4, 0.5) is 10.1 Å². The first-order chi connectivity index (χ1) is 15.0. The lowest BCUT2D eigenvalue weighted by atomic mass is 10.1. The van der Waals surface area contributed by atoms with Crippen LogP contribution in [0.15, 0.2) is 42.5 Å². The Morgan fingerprint density at radius 3 is 2.34 bits per heavy atom. The van der Waals surface area contributed by atoms with Gasteiger partial charge in [-0.3, -0.25) is 13.9 Å². The standard InChI is InChI=1S/C21H24Cl2FN3O4S/c1-4-19(21(29)25-2)26(12-14-8-9-17(22)18(23)10-14)20(28)13-27(32(3,30)31)16-7-5-6-15(24)11-16/h5-11,19H,4,12-13H2,1-3H3,(H,25,29)/t19-/m1/s1. The van der Waals surface area contributed by atoms with Gasteiger partial charge in [0.25, 0.3) is 0 Å². The van der Waals surface area contributed by atoms with Gasteiger partial charge in [0.15, 0.2) is 0 Å². The minimum atomic E-state index is -3.93. The third kappa shape index (κ3) is 6.57. The summed E-state index contributed by atoms with van der Waals surface area (Å²) in [7, 11) is -2.48. The minimum absolute atomic E-state index is 0.00308. The van der Waals surface area contributed by atoms with Crippen molar-refractivity contribution in [2.75, 3.05) is 24.2 Å². The first kappa shape index (κ1) is 25.9. The Kier molecular flexibility index (Phi) is 8.89. The summed E-state index contributed by atoms with van der Waals surface area (Å²) >= 11 is 12.0. The van der Waals surface area contributed by atoms with E-state index in [0.717, 1.165) is 16.6 Å². The van der Waals surface area contributed by atoms with E-state index in [1.807, 2.05) is 0 Å². The van der Waals surface area contributed by atoms with E-state index in [0.29, 0.717) is 10.6 Å². The average molecular weight is 504 g/mol. The summed E-state index contributed by atoms with van der Waals surface area (Å²) in [5.74, 6) is -1.69. The van der Waals surface area contributed by atoms with E-state index < -0.39 is 40.2 Å². The van der Waals surface area contributed by atoms with Crippen LogP contribution in [0.25, 0.3) is 0 Å². The van der Waals surface area contributed by atoms with Gasteiger partial charge in [-0.05, 0) is 42.3 Å². The molecule has 1 atom stereocenters. The number of amides is 2. The number of rotatable bonds is 9. The van der Waals surface area contributed by atoms with Crippen LogP contribution in [-0.2, 0) is 26.2 Å². The van der Waals surface area contributed by atoms with Crippen LogP contribution in [-0.4, -0.2) is 51.0 Å². The van der Waals surface area contributed by atoms with Gasteiger partial charge in [-0.15, -0.1) is 0 Å². The van der Waals surface area contributed by atoms with Crippen molar-refractivity contribution in [3.05, 3.63) is 63.9 Å². The molecular formula is C21H24Cl2FN3O4S. The van der Waals surface area contributed by atoms with Crippen LogP contribution in [0.3, 0.4) is 0 Å². The van der Waals surface area contributed by atoms with Crippen molar-refractivity contribution in [3.8, 4) is 0 Å². The summed E-state index contributed by atoms with van der Waals surface area (Å²) in [5, 5.41) is 3.13. The first-order valence-electron chi connectivity index (χ1n) is 9.66. The van der Waals surface area contributed by atoms with Crippen LogP contribution in [0, 0.1) is 5.82 Å². The summed E-state index contributed by atoms with van der Waals surface area (Å²) in [6.07, 6.45) is 1.20. The summed E-state index contributed by atoms with van der Waals surface area (Å²) in [6.45, 7) is 1.11. The number of hydrogen-bond donors (Lipinski definition) is 1. The summed E-state index contributed by atoms with van der Waals surface area (Å²) < 4.78 is 39.3. The molecule has 2 aromatic rings. The molecule has 2 aromatic carbocycles. The lowest BCUT2D eigenvalue weighted by Gasteiger charge is -2.32. The molecule has 0 spiro atoms. The number of hydrogen-bond acceptors (Lipinski definition) is 4. The highest BCUT2D eigenvalue weighted by atomic mass is 35.5. The molecular weight excluding hydrogens is 480 g/mol. The van der Waals surface area contributed by atoms with Crippen molar-refractivity contribution in [2.45, 2.75) is 25.9 Å². The number of halogens is 3. The van der Waals surface area contributed by atoms with Gasteiger partial charge < -0.3 is 10.2 Å². The zero-order valence-electron chi connectivity index (χ0n) is 17.8. The second-order valence-corrected chi connectivity index (χ2v) is 9.78. The minimum Gasteiger partial charge on any atom is -0.357 e. The molecule has 2 amide bonds. The maximum Gasteiger partial charge on any atom is 0.244 e. The Bertz CT molecular complexity index is 1100. The third-order valence-electron chi connectivity index (χ3n) is 4.74. The summed E-state index contributed by atoms with van der Waals surface area (Å²) in [6, 6.07) is 8.85. The second kappa shape index (κ2) is 11.0. The van der Waals surface area contributed by atoms with Crippen LogP contribution in [0.5, 0.6) is 0 Å². The molecule has 0 heterocycles. The number of carbonyl (C=O) groups is 2. The number of sulfonamides is 1. The number of anilines is 1. The zero-order chi connectivity index (χ0) is 24.1. The molecule has 2 rings (SSSR count). The van der Waals surface area contributed by atoms with E-state index in [1.165, 1.54) is 30.1 Å². The van der Waals surface area contributed by atoms with Gasteiger partial charge in [0, 0.05) is 13.6 Å². The molecule has 0 aromatic heterocycles. The van der Waals surface area contributed by atoms with Crippen LogP contribution in [0.1, 0.15) is 18.9 Å². The third-order valence-corrected chi connectivity index (χ3v) is 6.62. The molecule has 0 aliphatic heterocycles. The molecule has 0 fully saturated rings. The van der Waals surface area contributed by atoms with E-state index >= 15 is 0 Å². The predicted molar refractivity (Wildman–Crippen MR) is 124 cm³/mol. The normalized spacial score (nSPS) is 12.2. The Morgan fingerprint density at radius 2 is 1.81 bits per heavy atom. The quantitative estimate of drug-likeness (QED) is 0.567. The van der Waals surface area contributed by atoms with E-state index in [-0.39, 0.29) is 23.7 Å². The SMILES string of the molecule is CC[C@H](C(=O)NC)N(Cc1ccc(Cl)c(Cl)c1)C(=O)CN(c1cccc(F)c1)S(C)(=O)=O. The molecule has 1 N–H and O–H groups in total. The van der Waals surface area contributed by atoms with Gasteiger partial charge in [-0.2, -0.15) is 0 Å². The van der Waals surface area contributed by atoms with Gasteiger partial charge in [0.05, 0.1) is 22.0 Å². The Labute approximate surface area is 197 Å². The lowest BCUT2D eigenvalue weighted by Crippen LogP contribution is -2.51. The van der Waals surface area contributed by atoms with Crippen LogP contribution < -0.4 is 9.62 Å². The lowest BCUT2D eigenvalue weighted by molar-refractivity contribution is -0.140. The number of benzene rings is 2. The molecule has 0 saturated heterocycles. The topological polar surface area (TPSA) is 86.8 Å². The highest BCUT2D eigenvalue weighted by Crippen LogP contribution is 2.25. The smallest absolute Gasteiger partial charge is 0.244 e. The van der Waals surface area contributed by atoms with Gasteiger partial charge in [-0.1, -0.05) is 42.3 Å². The van der Waals surface area contributed by atoms with Crippen molar-refractivity contribution in [2.24, 2.45) is 0 Å². The predicted octanol–water partition coefficient (Wildman–Crippen LogP) is 3.45. The molecule has 32 heavy (non-hydrogen) atoms. The van der Waals surface area contributed by atoms with Gasteiger partial charge in [0.1, 0.15) is 18.4 Å².